The zero-order chi connectivity index (χ0) is 13.0. The van der Waals surface area contributed by atoms with E-state index < -0.39 is 5.79 Å². The molecule has 0 radical (unpaired) electrons. The highest BCUT2D eigenvalue weighted by molar-refractivity contribution is 5.41. The van der Waals surface area contributed by atoms with Gasteiger partial charge in [0, 0.05) is 26.5 Å². The molecule has 1 aromatic rings. The molecule has 1 heterocycles. The van der Waals surface area contributed by atoms with E-state index in [4.69, 9.17) is 19.9 Å². The molecule has 2 rings (SSSR count). The summed E-state index contributed by atoms with van der Waals surface area (Å²) in [5.41, 5.74) is 6.35. The van der Waals surface area contributed by atoms with Crippen molar-refractivity contribution in [3.05, 3.63) is 24.3 Å². The van der Waals surface area contributed by atoms with Gasteiger partial charge in [0.25, 0.3) is 0 Å². The molecule has 1 aliphatic rings. The lowest BCUT2D eigenvalue weighted by molar-refractivity contribution is -0.275. The van der Waals surface area contributed by atoms with Gasteiger partial charge in [-0.1, -0.05) is 0 Å². The SMILES string of the molecule is COC1(OC)CN(CCOc2ccc(N)cc2)C1. The lowest BCUT2D eigenvalue weighted by Gasteiger charge is -2.47. The largest absolute Gasteiger partial charge is 0.492 e. The van der Waals surface area contributed by atoms with Gasteiger partial charge in [0.05, 0.1) is 13.1 Å². The topological polar surface area (TPSA) is 57.0 Å². The van der Waals surface area contributed by atoms with E-state index in [-0.39, 0.29) is 0 Å². The summed E-state index contributed by atoms with van der Waals surface area (Å²) in [6, 6.07) is 7.42. The summed E-state index contributed by atoms with van der Waals surface area (Å²) >= 11 is 0. The predicted molar refractivity (Wildman–Crippen MR) is 69.5 cm³/mol. The minimum absolute atomic E-state index is 0.415. The van der Waals surface area contributed by atoms with Crippen LogP contribution in [0.25, 0.3) is 0 Å². The Morgan fingerprint density at radius 3 is 2.33 bits per heavy atom. The van der Waals surface area contributed by atoms with E-state index in [1.807, 2.05) is 24.3 Å². The maximum Gasteiger partial charge on any atom is 0.193 e. The van der Waals surface area contributed by atoms with Crippen molar-refractivity contribution in [2.75, 3.05) is 46.2 Å². The van der Waals surface area contributed by atoms with Crippen LogP contribution in [0.4, 0.5) is 5.69 Å². The summed E-state index contributed by atoms with van der Waals surface area (Å²) in [6.07, 6.45) is 0. The summed E-state index contributed by atoms with van der Waals surface area (Å²) in [6.45, 7) is 3.07. The van der Waals surface area contributed by atoms with Crippen LogP contribution in [0.1, 0.15) is 0 Å². The molecule has 0 spiro atoms. The lowest BCUT2D eigenvalue weighted by Crippen LogP contribution is -2.64. The summed E-state index contributed by atoms with van der Waals surface area (Å²) in [5, 5.41) is 0. The van der Waals surface area contributed by atoms with Crippen LogP contribution in [0.3, 0.4) is 0 Å². The Morgan fingerprint density at radius 1 is 1.17 bits per heavy atom. The fraction of sp³-hybridized carbons (Fsp3) is 0.538. The molecule has 1 aromatic carbocycles. The third-order valence-electron chi connectivity index (χ3n) is 3.23. The van der Waals surface area contributed by atoms with Crippen LogP contribution < -0.4 is 10.5 Å². The van der Waals surface area contributed by atoms with E-state index in [1.165, 1.54) is 0 Å². The number of hydrogen-bond donors (Lipinski definition) is 1. The van der Waals surface area contributed by atoms with Crippen molar-refractivity contribution in [2.45, 2.75) is 5.79 Å². The number of hydrogen-bond acceptors (Lipinski definition) is 5. The Hall–Kier alpha value is -1.30. The number of likely N-dealkylation sites (tertiary alicyclic amines) is 1. The number of ether oxygens (including phenoxy) is 3. The molecular weight excluding hydrogens is 232 g/mol. The quantitative estimate of drug-likeness (QED) is 0.603. The van der Waals surface area contributed by atoms with E-state index in [9.17, 15) is 0 Å². The van der Waals surface area contributed by atoms with Gasteiger partial charge in [-0.05, 0) is 24.3 Å². The van der Waals surface area contributed by atoms with Crippen LogP contribution in [-0.4, -0.2) is 51.1 Å². The van der Waals surface area contributed by atoms with Crippen molar-refractivity contribution in [3.63, 3.8) is 0 Å². The van der Waals surface area contributed by atoms with Gasteiger partial charge in [0.2, 0.25) is 0 Å². The van der Waals surface area contributed by atoms with Crippen molar-refractivity contribution in [2.24, 2.45) is 0 Å². The molecule has 0 saturated carbocycles. The first-order valence-corrected chi connectivity index (χ1v) is 5.98. The standard InChI is InChI=1S/C13H20N2O3/c1-16-13(17-2)9-15(10-13)7-8-18-12-5-3-11(14)4-6-12/h3-6H,7-10,14H2,1-2H3. The fourth-order valence-electron chi connectivity index (χ4n) is 1.99. The second-order valence-corrected chi connectivity index (χ2v) is 4.45. The number of rotatable bonds is 6. The first kappa shape index (κ1) is 13.1. The Labute approximate surface area is 107 Å². The van der Waals surface area contributed by atoms with Crippen LogP contribution in [0.2, 0.25) is 0 Å². The first-order chi connectivity index (χ1) is 8.67. The molecule has 0 atom stereocenters. The lowest BCUT2D eigenvalue weighted by atomic mass is 10.1. The van der Waals surface area contributed by atoms with Crippen LogP contribution >= 0.6 is 0 Å². The summed E-state index contributed by atoms with van der Waals surface area (Å²) in [7, 11) is 3.34. The molecule has 0 unspecified atom stereocenters. The molecule has 0 bridgehead atoms. The first-order valence-electron chi connectivity index (χ1n) is 5.98. The molecule has 0 amide bonds. The molecule has 0 aromatic heterocycles. The van der Waals surface area contributed by atoms with Crippen molar-refractivity contribution in [3.8, 4) is 5.75 Å². The summed E-state index contributed by atoms with van der Waals surface area (Å²) < 4.78 is 16.2. The monoisotopic (exact) mass is 252 g/mol. The van der Waals surface area contributed by atoms with Gasteiger partial charge in [-0.25, -0.2) is 0 Å². The highest BCUT2D eigenvalue weighted by Gasteiger charge is 2.43. The van der Waals surface area contributed by atoms with Gasteiger partial charge in [0.1, 0.15) is 12.4 Å². The van der Waals surface area contributed by atoms with Crippen LogP contribution in [-0.2, 0) is 9.47 Å². The van der Waals surface area contributed by atoms with E-state index in [2.05, 4.69) is 4.90 Å². The molecule has 1 fully saturated rings. The highest BCUT2D eigenvalue weighted by Crippen LogP contribution is 2.24. The van der Waals surface area contributed by atoms with E-state index in [1.54, 1.807) is 14.2 Å². The molecule has 18 heavy (non-hydrogen) atoms. The molecule has 2 N–H and O–H groups in total. The number of anilines is 1. The Bertz CT molecular complexity index is 368. The van der Waals surface area contributed by atoms with Crippen molar-refractivity contribution in [1.82, 2.24) is 4.90 Å². The zero-order valence-electron chi connectivity index (χ0n) is 10.9. The van der Waals surface area contributed by atoms with Crippen LogP contribution in [0.5, 0.6) is 5.75 Å². The molecule has 5 nitrogen and oxygen atoms in total. The maximum atomic E-state index is 5.62. The number of benzene rings is 1. The fourth-order valence-corrected chi connectivity index (χ4v) is 1.99. The molecule has 1 saturated heterocycles. The predicted octanol–water partition coefficient (Wildman–Crippen LogP) is 0.952. The van der Waals surface area contributed by atoms with Crippen LogP contribution in [0.15, 0.2) is 24.3 Å². The van der Waals surface area contributed by atoms with Gasteiger partial charge in [-0.15, -0.1) is 0 Å². The third-order valence-corrected chi connectivity index (χ3v) is 3.23. The van der Waals surface area contributed by atoms with E-state index in [0.29, 0.717) is 6.61 Å². The average molecular weight is 252 g/mol. The van der Waals surface area contributed by atoms with Gasteiger partial charge < -0.3 is 19.9 Å². The second kappa shape index (κ2) is 5.56. The van der Waals surface area contributed by atoms with Gasteiger partial charge in [-0.3, -0.25) is 4.90 Å². The smallest absolute Gasteiger partial charge is 0.193 e. The highest BCUT2D eigenvalue weighted by atomic mass is 16.7. The number of nitrogen functional groups attached to an aromatic ring is 1. The Morgan fingerprint density at radius 2 is 1.78 bits per heavy atom. The normalized spacial score (nSPS) is 18.3. The minimum Gasteiger partial charge on any atom is -0.492 e. The van der Waals surface area contributed by atoms with E-state index in [0.717, 1.165) is 31.1 Å². The Balaban J connectivity index is 1.67. The molecule has 1 aliphatic heterocycles. The molecular formula is C13H20N2O3. The zero-order valence-corrected chi connectivity index (χ0v) is 10.9. The summed E-state index contributed by atoms with van der Waals surface area (Å²) in [5.74, 6) is 0.427. The van der Waals surface area contributed by atoms with Gasteiger partial charge in [0.15, 0.2) is 5.79 Å². The minimum atomic E-state index is -0.415. The molecule has 0 aliphatic carbocycles. The molecule has 5 heteroatoms. The van der Waals surface area contributed by atoms with Crippen molar-refractivity contribution < 1.29 is 14.2 Å². The summed E-state index contributed by atoms with van der Waals surface area (Å²) in [4.78, 5) is 2.23. The Kier molecular flexibility index (Phi) is 4.06. The number of nitrogens with two attached hydrogens (primary N) is 1. The second-order valence-electron chi connectivity index (χ2n) is 4.45. The van der Waals surface area contributed by atoms with Gasteiger partial charge in [-0.2, -0.15) is 0 Å². The molecule has 100 valence electrons. The maximum absolute atomic E-state index is 5.62. The van der Waals surface area contributed by atoms with Crippen molar-refractivity contribution in [1.29, 1.82) is 0 Å². The number of methoxy groups -OCH3 is 2. The van der Waals surface area contributed by atoms with Crippen molar-refractivity contribution >= 4 is 5.69 Å². The van der Waals surface area contributed by atoms with Crippen LogP contribution in [0, 0.1) is 0 Å². The van der Waals surface area contributed by atoms with Gasteiger partial charge >= 0.3 is 0 Å². The number of nitrogens with zero attached hydrogens (tertiary/aromatic N) is 1. The average Bonchev–Trinajstić information content (AvgIpc) is 2.35. The third kappa shape index (κ3) is 2.93. The van der Waals surface area contributed by atoms with E-state index >= 15 is 0 Å².